The summed E-state index contributed by atoms with van der Waals surface area (Å²) in [5, 5.41) is 11.0. The van der Waals surface area contributed by atoms with Crippen LogP contribution in [0.1, 0.15) is 48.9 Å². The van der Waals surface area contributed by atoms with Gasteiger partial charge in [-0.3, -0.25) is 9.59 Å². The van der Waals surface area contributed by atoms with E-state index in [1.807, 2.05) is 49.3 Å². The third-order valence-corrected chi connectivity index (χ3v) is 5.51. The quantitative estimate of drug-likeness (QED) is 0.426. The van der Waals surface area contributed by atoms with Crippen molar-refractivity contribution in [1.29, 1.82) is 0 Å². The molecule has 1 amide bonds. The molecule has 0 saturated carbocycles. The zero-order chi connectivity index (χ0) is 21.8. The molecule has 0 bridgehead atoms. The molecule has 1 aliphatic rings. The number of rotatable bonds is 7. The third kappa shape index (κ3) is 4.46. The van der Waals surface area contributed by atoms with Crippen LogP contribution in [-0.4, -0.2) is 53.8 Å². The van der Waals surface area contributed by atoms with Crippen LogP contribution < -0.4 is 0 Å². The minimum absolute atomic E-state index is 0.123. The van der Waals surface area contributed by atoms with Gasteiger partial charge in [0.15, 0.2) is 0 Å². The largest absolute Gasteiger partial charge is 0.507 e. The van der Waals surface area contributed by atoms with Crippen LogP contribution in [-0.2, 0) is 9.59 Å². The summed E-state index contributed by atoms with van der Waals surface area (Å²) in [7, 11) is 3.96. The number of ketones is 1. The third-order valence-electron chi connectivity index (χ3n) is 5.51. The predicted molar refractivity (Wildman–Crippen MR) is 119 cm³/mol. The van der Waals surface area contributed by atoms with Crippen molar-refractivity contribution in [2.75, 3.05) is 27.2 Å². The van der Waals surface area contributed by atoms with Gasteiger partial charge in [-0.25, -0.2) is 0 Å². The highest BCUT2D eigenvalue weighted by Gasteiger charge is 2.45. The first-order valence-electron chi connectivity index (χ1n) is 10.4. The van der Waals surface area contributed by atoms with Crippen molar-refractivity contribution in [3.8, 4) is 0 Å². The second-order valence-corrected chi connectivity index (χ2v) is 8.34. The maximum absolute atomic E-state index is 13.0. The molecule has 1 aliphatic heterocycles. The molecule has 5 nitrogen and oxygen atoms in total. The lowest BCUT2D eigenvalue weighted by atomic mass is 9.93. The number of Topliss-reactive ketones (excluding diaryl/α,β-unsaturated/α-hetero) is 1. The molecular formula is C25H30N2O3. The molecule has 0 radical (unpaired) electrons. The van der Waals surface area contributed by atoms with Gasteiger partial charge in [0.05, 0.1) is 11.6 Å². The smallest absolute Gasteiger partial charge is 0.295 e. The molecule has 158 valence electrons. The van der Waals surface area contributed by atoms with Crippen molar-refractivity contribution in [1.82, 2.24) is 9.80 Å². The van der Waals surface area contributed by atoms with Crippen LogP contribution in [0.3, 0.4) is 0 Å². The van der Waals surface area contributed by atoms with Gasteiger partial charge in [0.1, 0.15) is 5.76 Å². The summed E-state index contributed by atoms with van der Waals surface area (Å²) in [6, 6.07) is 16.3. The fraction of sp³-hybridized carbons (Fsp3) is 0.360. The first-order chi connectivity index (χ1) is 14.3. The lowest BCUT2D eigenvalue weighted by molar-refractivity contribution is -0.139. The Balaban J connectivity index is 2.07. The van der Waals surface area contributed by atoms with E-state index in [0.29, 0.717) is 18.0 Å². The summed E-state index contributed by atoms with van der Waals surface area (Å²) < 4.78 is 0. The van der Waals surface area contributed by atoms with Crippen LogP contribution in [0.4, 0.5) is 0 Å². The summed E-state index contributed by atoms with van der Waals surface area (Å²) in [5.41, 5.74) is 2.72. The first-order valence-corrected chi connectivity index (χ1v) is 10.4. The number of aliphatic hydroxyl groups excluding tert-OH is 1. The van der Waals surface area contributed by atoms with E-state index in [0.717, 1.165) is 18.5 Å². The van der Waals surface area contributed by atoms with Gasteiger partial charge in [0.25, 0.3) is 11.7 Å². The summed E-state index contributed by atoms with van der Waals surface area (Å²) in [4.78, 5) is 29.5. The minimum atomic E-state index is -0.626. The fourth-order valence-corrected chi connectivity index (χ4v) is 3.83. The second kappa shape index (κ2) is 9.26. The van der Waals surface area contributed by atoms with Gasteiger partial charge in [-0.2, -0.15) is 0 Å². The standard InChI is InChI=1S/C25H30N2O3/c1-17(2)18-11-13-19(14-12-18)22-21(23(28)20-9-6-5-7-10-20)24(29)25(30)27(22)16-8-15-26(3)4/h5-7,9-14,17,22,28H,8,15-16H2,1-4H3/b23-21-. The van der Waals surface area contributed by atoms with Crippen LogP contribution in [0, 0.1) is 0 Å². The van der Waals surface area contributed by atoms with E-state index in [2.05, 4.69) is 13.8 Å². The topological polar surface area (TPSA) is 60.9 Å². The van der Waals surface area contributed by atoms with Crippen molar-refractivity contribution >= 4 is 17.4 Å². The molecule has 0 aliphatic carbocycles. The summed E-state index contributed by atoms with van der Waals surface area (Å²) >= 11 is 0. The SMILES string of the molecule is CC(C)c1ccc(C2/C(=C(/O)c3ccccc3)C(=O)C(=O)N2CCCN(C)C)cc1. The van der Waals surface area contributed by atoms with Gasteiger partial charge in [0, 0.05) is 12.1 Å². The van der Waals surface area contributed by atoms with Gasteiger partial charge in [-0.1, -0.05) is 68.4 Å². The average Bonchev–Trinajstić information content (AvgIpc) is 2.98. The van der Waals surface area contributed by atoms with Gasteiger partial charge in [-0.15, -0.1) is 0 Å². The van der Waals surface area contributed by atoms with E-state index < -0.39 is 17.7 Å². The number of nitrogens with zero attached hydrogens (tertiary/aromatic N) is 2. The first kappa shape index (κ1) is 21.8. The molecule has 0 spiro atoms. The molecule has 30 heavy (non-hydrogen) atoms. The van der Waals surface area contributed by atoms with E-state index in [1.54, 1.807) is 29.2 Å². The number of hydrogen-bond donors (Lipinski definition) is 1. The van der Waals surface area contributed by atoms with Crippen LogP contribution in [0.25, 0.3) is 5.76 Å². The van der Waals surface area contributed by atoms with Gasteiger partial charge in [0.2, 0.25) is 0 Å². The molecule has 1 unspecified atom stereocenters. The van der Waals surface area contributed by atoms with Crippen molar-refractivity contribution in [2.45, 2.75) is 32.2 Å². The molecule has 1 heterocycles. The van der Waals surface area contributed by atoms with Crippen molar-refractivity contribution in [2.24, 2.45) is 0 Å². The minimum Gasteiger partial charge on any atom is -0.507 e. The van der Waals surface area contributed by atoms with Crippen LogP contribution in [0.15, 0.2) is 60.2 Å². The number of amides is 1. The number of carbonyl (C=O) groups is 2. The molecule has 1 atom stereocenters. The van der Waals surface area contributed by atoms with Crippen molar-refractivity contribution in [3.05, 3.63) is 76.9 Å². The molecule has 0 aromatic heterocycles. The van der Waals surface area contributed by atoms with Crippen molar-refractivity contribution < 1.29 is 14.7 Å². The molecule has 1 N–H and O–H groups in total. The van der Waals surface area contributed by atoms with Gasteiger partial charge >= 0.3 is 0 Å². The Morgan fingerprint density at radius 2 is 1.67 bits per heavy atom. The average molecular weight is 407 g/mol. The Hall–Kier alpha value is -2.92. The summed E-state index contributed by atoms with van der Waals surface area (Å²) in [5.74, 6) is -0.917. The monoisotopic (exact) mass is 406 g/mol. The highest BCUT2D eigenvalue weighted by Crippen LogP contribution is 2.39. The molecular weight excluding hydrogens is 376 g/mol. The van der Waals surface area contributed by atoms with Gasteiger partial charge < -0.3 is 14.9 Å². The Bertz CT molecular complexity index is 931. The predicted octanol–water partition coefficient (Wildman–Crippen LogP) is 4.18. The van der Waals surface area contributed by atoms with E-state index >= 15 is 0 Å². The second-order valence-electron chi connectivity index (χ2n) is 8.34. The highest BCUT2D eigenvalue weighted by atomic mass is 16.3. The summed E-state index contributed by atoms with van der Waals surface area (Å²) in [6.07, 6.45) is 0.742. The Morgan fingerprint density at radius 1 is 1.03 bits per heavy atom. The van der Waals surface area contributed by atoms with Crippen LogP contribution in [0.5, 0.6) is 0 Å². The number of likely N-dealkylation sites (tertiary alicyclic amines) is 1. The Morgan fingerprint density at radius 3 is 2.23 bits per heavy atom. The lowest BCUT2D eigenvalue weighted by Gasteiger charge is -2.26. The van der Waals surface area contributed by atoms with Crippen LogP contribution >= 0.6 is 0 Å². The van der Waals surface area contributed by atoms with Gasteiger partial charge in [-0.05, 0) is 44.1 Å². The molecule has 5 heteroatoms. The number of hydrogen-bond acceptors (Lipinski definition) is 4. The maximum Gasteiger partial charge on any atom is 0.295 e. The molecule has 2 aromatic rings. The lowest BCUT2D eigenvalue weighted by Crippen LogP contribution is -2.32. The molecule has 1 fully saturated rings. The van der Waals surface area contributed by atoms with Crippen LogP contribution in [0.2, 0.25) is 0 Å². The van der Waals surface area contributed by atoms with E-state index in [1.165, 1.54) is 5.56 Å². The number of carbonyl (C=O) groups excluding carboxylic acids is 2. The molecule has 2 aromatic carbocycles. The molecule has 3 rings (SSSR count). The van der Waals surface area contributed by atoms with E-state index in [4.69, 9.17) is 0 Å². The number of aliphatic hydroxyl groups is 1. The zero-order valence-corrected chi connectivity index (χ0v) is 18.1. The Kier molecular flexibility index (Phi) is 6.73. The summed E-state index contributed by atoms with van der Waals surface area (Å²) in [6.45, 7) is 5.50. The zero-order valence-electron chi connectivity index (χ0n) is 18.1. The fourth-order valence-electron chi connectivity index (χ4n) is 3.83. The van der Waals surface area contributed by atoms with E-state index in [-0.39, 0.29) is 11.3 Å². The van der Waals surface area contributed by atoms with Crippen molar-refractivity contribution in [3.63, 3.8) is 0 Å². The number of benzene rings is 2. The maximum atomic E-state index is 13.0. The molecule has 1 saturated heterocycles. The highest BCUT2D eigenvalue weighted by molar-refractivity contribution is 6.46. The Labute approximate surface area is 178 Å². The normalized spacial score (nSPS) is 18.6. The van der Waals surface area contributed by atoms with E-state index in [9.17, 15) is 14.7 Å².